The summed E-state index contributed by atoms with van der Waals surface area (Å²) >= 11 is 0.557. The van der Waals surface area contributed by atoms with Crippen LogP contribution in [0.15, 0.2) is 39.4 Å². The molecule has 3 nitrogen and oxygen atoms in total. The van der Waals surface area contributed by atoms with Gasteiger partial charge in [-0.2, -0.15) is 8.78 Å². The van der Waals surface area contributed by atoms with Crippen LogP contribution in [0.4, 0.5) is 8.78 Å². The van der Waals surface area contributed by atoms with Crippen molar-refractivity contribution in [3.63, 3.8) is 0 Å². The van der Waals surface area contributed by atoms with Crippen molar-refractivity contribution < 1.29 is 17.6 Å². The first-order chi connectivity index (χ1) is 8.74. The van der Waals surface area contributed by atoms with Crippen molar-refractivity contribution in [1.29, 1.82) is 0 Å². The molecular weight excluding hydrogens is 260 g/mol. The molecule has 0 spiro atoms. The smallest absolute Gasteiger partial charge is 0.284 e. The minimum absolute atomic E-state index is 0.190. The number of furan rings is 2. The van der Waals surface area contributed by atoms with Crippen LogP contribution in [-0.4, -0.2) is 5.76 Å². The van der Waals surface area contributed by atoms with Gasteiger partial charge in [-0.15, -0.1) is 0 Å². The van der Waals surface area contributed by atoms with Crippen LogP contribution >= 0.6 is 11.8 Å². The van der Waals surface area contributed by atoms with Crippen molar-refractivity contribution in [2.75, 3.05) is 0 Å². The average Bonchev–Trinajstić information content (AvgIpc) is 2.97. The van der Waals surface area contributed by atoms with E-state index < -0.39 is 5.76 Å². The van der Waals surface area contributed by atoms with E-state index in [4.69, 9.17) is 8.83 Å². The zero-order chi connectivity index (χ0) is 12.8. The summed E-state index contributed by atoms with van der Waals surface area (Å²) in [5.74, 6) is -0.0391. The maximum Gasteiger partial charge on any atom is 0.284 e. The molecule has 98 valence electrons. The lowest BCUT2D eigenvalue weighted by atomic mass is 10.4. The average molecular weight is 273 g/mol. The van der Waals surface area contributed by atoms with Crippen molar-refractivity contribution >= 4 is 11.8 Å². The largest absolute Gasteiger partial charge is 0.468 e. The Morgan fingerprint density at radius 3 is 2.61 bits per heavy atom. The van der Waals surface area contributed by atoms with E-state index in [1.54, 1.807) is 18.4 Å². The highest BCUT2D eigenvalue weighted by molar-refractivity contribution is 7.98. The summed E-state index contributed by atoms with van der Waals surface area (Å²) in [6.07, 6.45) is 1.61. The van der Waals surface area contributed by atoms with Gasteiger partial charge in [0, 0.05) is 0 Å². The summed E-state index contributed by atoms with van der Waals surface area (Å²) < 4.78 is 34.5. The highest BCUT2D eigenvalue weighted by atomic mass is 32.2. The predicted octanol–water partition coefficient (Wildman–Crippen LogP) is 3.62. The van der Waals surface area contributed by atoms with Crippen LogP contribution in [0.3, 0.4) is 0 Å². The topological polar surface area (TPSA) is 38.3 Å². The second-order valence-corrected chi connectivity index (χ2v) is 4.60. The number of halogens is 2. The van der Waals surface area contributed by atoms with Crippen LogP contribution in [-0.2, 0) is 18.8 Å². The molecule has 0 unspecified atom stereocenters. The molecule has 2 heterocycles. The molecule has 0 saturated heterocycles. The Bertz CT molecular complexity index is 456. The minimum Gasteiger partial charge on any atom is -0.468 e. The molecule has 0 radical (unpaired) electrons. The number of thioether (sulfide) groups is 1. The van der Waals surface area contributed by atoms with Crippen LogP contribution in [0.5, 0.6) is 0 Å². The lowest BCUT2D eigenvalue weighted by Crippen LogP contribution is -2.11. The molecular formula is C12H13F2NO2S. The van der Waals surface area contributed by atoms with Crippen molar-refractivity contribution in [2.24, 2.45) is 0 Å². The first kappa shape index (κ1) is 13.2. The van der Waals surface area contributed by atoms with E-state index in [1.807, 2.05) is 12.1 Å². The summed E-state index contributed by atoms with van der Waals surface area (Å²) in [5, 5.41) is 3.14. The van der Waals surface area contributed by atoms with Crippen LogP contribution in [0, 0.1) is 0 Å². The number of alkyl halides is 2. The van der Waals surface area contributed by atoms with Crippen molar-refractivity contribution in [1.82, 2.24) is 5.32 Å². The summed E-state index contributed by atoms with van der Waals surface area (Å²) in [5.41, 5.74) is 0. The third kappa shape index (κ3) is 4.19. The van der Waals surface area contributed by atoms with Crippen LogP contribution in [0.1, 0.15) is 17.3 Å². The first-order valence-corrected chi connectivity index (χ1v) is 6.49. The van der Waals surface area contributed by atoms with Crippen LogP contribution in [0.2, 0.25) is 0 Å². The van der Waals surface area contributed by atoms with Crippen LogP contribution in [0.25, 0.3) is 0 Å². The Kier molecular flexibility index (Phi) is 4.83. The second-order valence-electron chi connectivity index (χ2n) is 3.62. The van der Waals surface area contributed by atoms with Gasteiger partial charge in [0.15, 0.2) is 0 Å². The quantitative estimate of drug-likeness (QED) is 0.836. The molecule has 1 N–H and O–H groups in total. The molecule has 2 rings (SSSR count). The monoisotopic (exact) mass is 273 g/mol. The van der Waals surface area contributed by atoms with E-state index in [-0.39, 0.29) is 5.75 Å². The molecule has 2 aromatic heterocycles. The molecule has 0 amide bonds. The Hall–Kier alpha value is -1.27. The molecule has 0 aliphatic heterocycles. The lowest BCUT2D eigenvalue weighted by molar-refractivity contribution is 0.251. The van der Waals surface area contributed by atoms with E-state index in [1.165, 1.54) is 0 Å². The number of hydrogen-bond donors (Lipinski definition) is 1. The van der Waals surface area contributed by atoms with Gasteiger partial charge in [0.2, 0.25) is 0 Å². The molecule has 0 fully saturated rings. The third-order valence-corrected chi connectivity index (χ3v) is 2.95. The summed E-state index contributed by atoms with van der Waals surface area (Å²) in [6.45, 7) is 1.15. The third-order valence-electron chi connectivity index (χ3n) is 2.25. The predicted molar refractivity (Wildman–Crippen MR) is 65.3 cm³/mol. The van der Waals surface area contributed by atoms with Gasteiger partial charge in [-0.1, -0.05) is 11.8 Å². The molecule has 0 atom stereocenters. The fourth-order valence-electron chi connectivity index (χ4n) is 1.46. The van der Waals surface area contributed by atoms with E-state index >= 15 is 0 Å². The van der Waals surface area contributed by atoms with Crippen molar-refractivity contribution in [3.05, 3.63) is 47.8 Å². The van der Waals surface area contributed by atoms with Gasteiger partial charge < -0.3 is 14.2 Å². The lowest BCUT2D eigenvalue weighted by Gasteiger charge is -2.00. The maximum atomic E-state index is 12.0. The van der Waals surface area contributed by atoms with E-state index in [0.717, 1.165) is 11.5 Å². The first-order valence-electron chi connectivity index (χ1n) is 5.44. The van der Waals surface area contributed by atoms with Gasteiger partial charge in [-0.25, -0.2) is 0 Å². The van der Waals surface area contributed by atoms with Gasteiger partial charge in [0.05, 0.1) is 25.1 Å². The number of rotatable bonds is 7. The molecule has 0 aromatic carbocycles. The summed E-state index contributed by atoms with van der Waals surface area (Å²) in [7, 11) is 0. The van der Waals surface area contributed by atoms with Crippen molar-refractivity contribution in [3.8, 4) is 0 Å². The molecule has 18 heavy (non-hydrogen) atoms. The fraction of sp³-hybridized carbons (Fsp3) is 0.333. The minimum atomic E-state index is -2.37. The van der Waals surface area contributed by atoms with Gasteiger partial charge in [-0.3, -0.25) is 0 Å². The van der Waals surface area contributed by atoms with E-state index in [9.17, 15) is 8.78 Å². The maximum absolute atomic E-state index is 12.0. The second kappa shape index (κ2) is 6.61. The fourth-order valence-corrected chi connectivity index (χ4v) is 1.91. The normalized spacial score (nSPS) is 11.3. The Morgan fingerprint density at radius 2 is 1.89 bits per heavy atom. The standard InChI is InChI=1S/C12H13F2NO2S/c13-12(14)18-8-11-4-3-10(17-11)7-15-6-9-2-1-5-16-9/h1-5,12,15H,6-8H2. The van der Waals surface area contributed by atoms with Crippen LogP contribution < -0.4 is 5.32 Å². The Morgan fingerprint density at radius 1 is 1.11 bits per heavy atom. The highest BCUT2D eigenvalue weighted by Gasteiger charge is 2.07. The zero-order valence-corrected chi connectivity index (χ0v) is 10.4. The zero-order valence-electron chi connectivity index (χ0n) is 9.57. The SMILES string of the molecule is FC(F)SCc1ccc(CNCc2ccco2)o1. The van der Waals surface area contributed by atoms with E-state index in [2.05, 4.69) is 5.32 Å². The van der Waals surface area contributed by atoms with Gasteiger partial charge in [-0.05, 0) is 24.3 Å². The molecule has 6 heteroatoms. The van der Waals surface area contributed by atoms with E-state index in [0.29, 0.717) is 30.6 Å². The molecule has 0 saturated carbocycles. The molecule has 0 aliphatic carbocycles. The van der Waals surface area contributed by atoms with Crippen molar-refractivity contribution in [2.45, 2.75) is 24.6 Å². The van der Waals surface area contributed by atoms with Gasteiger partial charge in [0.25, 0.3) is 5.76 Å². The van der Waals surface area contributed by atoms with Gasteiger partial charge in [0.1, 0.15) is 17.3 Å². The molecule has 0 bridgehead atoms. The Balaban J connectivity index is 1.73. The number of nitrogens with one attached hydrogen (secondary N) is 1. The molecule has 2 aromatic rings. The molecule has 0 aliphatic rings. The van der Waals surface area contributed by atoms with Gasteiger partial charge >= 0.3 is 0 Å². The summed E-state index contributed by atoms with van der Waals surface area (Å²) in [4.78, 5) is 0. The summed E-state index contributed by atoms with van der Waals surface area (Å²) in [6, 6.07) is 7.21. The highest BCUT2D eigenvalue weighted by Crippen LogP contribution is 2.21. The number of hydrogen-bond acceptors (Lipinski definition) is 4. The Labute approximate surface area is 108 Å².